The van der Waals surface area contributed by atoms with Gasteiger partial charge >= 0.3 is 0 Å². The SMILES string of the molecule is CC1c2cc(N(c3ccccc3)c3cccc4oc5ccccc5c34)ccc2-c2c1c1ccccc1c1c2oc2ccccc21. The Balaban J connectivity index is 1.25. The van der Waals surface area contributed by atoms with Crippen LogP contribution in [0.2, 0.25) is 0 Å². The maximum atomic E-state index is 6.68. The average Bonchev–Trinajstić information content (AvgIpc) is 3.76. The largest absolute Gasteiger partial charge is 0.456 e. The number of benzene rings is 7. The highest BCUT2D eigenvalue weighted by atomic mass is 16.3. The summed E-state index contributed by atoms with van der Waals surface area (Å²) in [5, 5.41) is 7.15. The number of rotatable bonds is 3. The lowest BCUT2D eigenvalue weighted by atomic mass is 9.91. The van der Waals surface area contributed by atoms with E-state index in [0.717, 1.165) is 50.2 Å². The van der Waals surface area contributed by atoms with Crippen LogP contribution in [0.4, 0.5) is 17.1 Å². The summed E-state index contributed by atoms with van der Waals surface area (Å²) in [5.74, 6) is 0.195. The Morgan fingerprint density at radius 2 is 1.16 bits per heavy atom. The van der Waals surface area contributed by atoms with E-state index in [1.165, 1.54) is 43.8 Å². The van der Waals surface area contributed by atoms with Gasteiger partial charge < -0.3 is 13.7 Å². The standard InChI is InChI=1S/C42H27NO2/c1-25-33-24-27(43(26-12-3-2-4-13-26)34-18-11-21-37-40(34)32-17-8-9-19-35(32)44-37)22-23-30(33)41-38(25)28-14-5-6-15-29(28)39-31-16-7-10-20-36(31)45-42(39)41/h2-25H,1H3. The van der Waals surface area contributed by atoms with Crippen molar-refractivity contribution in [2.24, 2.45) is 0 Å². The number of furan rings is 2. The summed E-state index contributed by atoms with van der Waals surface area (Å²) in [6.07, 6.45) is 0. The molecule has 1 atom stereocenters. The normalized spacial score (nSPS) is 14.1. The summed E-state index contributed by atoms with van der Waals surface area (Å²) in [4.78, 5) is 2.37. The Morgan fingerprint density at radius 1 is 0.511 bits per heavy atom. The Kier molecular flexibility index (Phi) is 4.98. The summed E-state index contributed by atoms with van der Waals surface area (Å²) in [5.41, 5.74) is 12.1. The molecule has 9 aromatic rings. The molecule has 0 N–H and O–H groups in total. The van der Waals surface area contributed by atoms with Crippen LogP contribution in [0, 0.1) is 0 Å². The molecule has 1 aliphatic carbocycles. The molecular weight excluding hydrogens is 550 g/mol. The van der Waals surface area contributed by atoms with Gasteiger partial charge in [0.2, 0.25) is 0 Å². The van der Waals surface area contributed by atoms with Gasteiger partial charge in [0.05, 0.1) is 11.1 Å². The van der Waals surface area contributed by atoms with Crippen molar-refractivity contribution in [3.8, 4) is 11.1 Å². The van der Waals surface area contributed by atoms with Crippen LogP contribution in [0.25, 0.3) is 65.8 Å². The molecule has 0 radical (unpaired) electrons. The van der Waals surface area contributed by atoms with E-state index in [0.29, 0.717) is 0 Å². The third-order valence-electron chi connectivity index (χ3n) is 9.68. The van der Waals surface area contributed by atoms with E-state index in [1.54, 1.807) is 0 Å². The van der Waals surface area contributed by atoms with Gasteiger partial charge in [-0.25, -0.2) is 0 Å². The number of hydrogen-bond donors (Lipinski definition) is 0. The average molecular weight is 578 g/mol. The predicted molar refractivity (Wildman–Crippen MR) is 186 cm³/mol. The molecule has 45 heavy (non-hydrogen) atoms. The van der Waals surface area contributed by atoms with E-state index in [9.17, 15) is 0 Å². The van der Waals surface area contributed by atoms with Crippen LogP contribution in [-0.2, 0) is 0 Å². The highest BCUT2D eigenvalue weighted by molar-refractivity contribution is 6.25. The number of anilines is 3. The summed E-state index contributed by atoms with van der Waals surface area (Å²) >= 11 is 0. The molecule has 10 rings (SSSR count). The quantitative estimate of drug-likeness (QED) is 0.209. The maximum Gasteiger partial charge on any atom is 0.144 e. The molecule has 0 saturated heterocycles. The lowest BCUT2D eigenvalue weighted by Gasteiger charge is -2.27. The van der Waals surface area contributed by atoms with Crippen molar-refractivity contribution in [2.75, 3.05) is 4.90 Å². The van der Waals surface area contributed by atoms with Gasteiger partial charge in [-0.05, 0) is 76.0 Å². The molecule has 3 heteroatoms. The van der Waals surface area contributed by atoms with Crippen LogP contribution in [-0.4, -0.2) is 0 Å². The number of para-hydroxylation sites is 3. The lowest BCUT2D eigenvalue weighted by Crippen LogP contribution is -2.10. The van der Waals surface area contributed by atoms with Gasteiger partial charge in [-0.1, -0.05) is 97.9 Å². The molecule has 0 fully saturated rings. The van der Waals surface area contributed by atoms with Gasteiger partial charge in [-0.2, -0.15) is 0 Å². The summed E-state index contributed by atoms with van der Waals surface area (Å²) < 4.78 is 13.0. The molecule has 1 unspecified atom stereocenters. The van der Waals surface area contributed by atoms with Crippen molar-refractivity contribution in [1.82, 2.24) is 0 Å². The van der Waals surface area contributed by atoms with E-state index in [2.05, 4.69) is 139 Å². The molecular formula is C42H27NO2. The number of hydrogen-bond acceptors (Lipinski definition) is 3. The van der Waals surface area contributed by atoms with E-state index in [-0.39, 0.29) is 5.92 Å². The molecule has 0 aliphatic heterocycles. The molecule has 0 amide bonds. The van der Waals surface area contributed by atoms with E-state index in [1.807, 2.05) is 12.1 Å². The number of nitrogens with zero attached hydrogens (tertiary/aromatic N) is 1. The molecule has 2 heterocycles. The highest BCUT2D eigenvalue weighted by Gasteiger charge is 2.33. The van der Waals surface area contributed by atoms with Crippen molar-refractivity contribution < 1.29 is 8.83 Å². The van der Waals surface area contributed by atoms with Gasteiger partial charge in [0.1, 0.15) is 22.3 Å². The van der Waals surface area contributed by atoms with Gasteiger partial charge in [0, 0.05) is 39.0 Å². The zero-order valence-corrected chi connectivity index (χ0v) is 24.6. The van der Waals surface area contributed by atoms with Crippen LogP contribution < -0.4 is 4.90 Å². The topological polar surface area (TPSA) is 29.5 Å². The minimum absolute atomic E-state index is 0.195. The fourth-order valence-electron chi connectivity index (χ4n) is 7.78. The van der Waals surface area contributed by atoms with Crippen LogP contribution in [0.3, 0.4) is 0 Å². The number of fused-ring (bicyclic) bond motifs is 13. The first-order valence-corrected chi connectivity index (χ1v) is 15.5. The minimum atomic E-state index is 0.195. The van der Waals surface area contributed by atoms with Gasteiger partial charge in [0.25, 0.3) is 0 Å². The summed E-state index contributed by atoms with van der Waals surface area (Å²) in [6.45, 7) is 2.34. The summed E-state index contributed by atoms with van der Waals surface area (Å²) in [7, 11) is 0. The monoisotopic (exact) mass is 577 g/mol. The smallest absolute Gasteiger partial charge is 0.144 e. The second-order valence-electron chi connectivity index (χ2n) is 12.0. The molecule has 0 spiro atoms. The molecule has 0 bridgehead atoms. The zero-order chi connectivity index (χ0) is 29.6. The lowest BCUT2D eigenvalue weighted by molar-refractivity contribution is 0.669. The van der Waals surface area contributed by atoms with Gasteiger partial charge in [0.15, 0.2) is 0 Å². The third-order valence-corrected chi connectivity index (χ3v) is 9.68. The second kappa shape index (κ2) is 9.10. The molecule has 212 valence electrons. The first kappa shape index (κ1) is 24.6. The molecule has 3 nitrogen and oxygen atoms in total. The first-order chi connectivity index (χ1) is 22.3. The van der Waals surface area contributed by atoms with Crippen LogP contribution in [0.5, 0.6) is 0 Å². The first-order valence-electron chi connectivity index (χ1n) is 15.5. The second-order valence-corrected chi connectivity index (χ2v) is 12.0. The molecule has 1 aliphatic rings. The highest BCUT2D eigenvalue weighted by Crippen LogP contribution is 2.55. The van der Waals surface area contributed by atoms with E-state index >= 15 is 0 Å². The van der Waals surface area contributed by atoms with Gasteiger partial charge in [-0.15, -0.1) is 0 Å². The van der Waals surface area contributed by atoms with Crippen LogP contribution in [0.15, 0.2) is 148 Å². The molecule has 7 aromatic carbocycles. The fourth-order valence-corrected chi connectivity index (χ4v) is 7.78. The summed E-state index contributed by atoms with van der Waals surface area (Å²) in [6, 6.07) is 49.5. The molecule has 0 saturated carbocycles. The van der Waals surface area contributed by atoms with Crippen molar-refractivity contribution in [2.45, 2.75) is 12.8 Å². The maximum absolute atomic E-state index is 6.68. The Labute approximate surface area is 259 Å². The van der Waals surface area contributed by atoms with E-state index in [4.69, 9.17) is 8.83 Å². The van der Waals surface area contributed by atoms with Crippen molar-refractivity contribution in [1.29, 1.82) is 0 Å². The third kappa shape index (κ3) is 3.35. The Morgan fingerprint density at radius 3 is 1.96 bits per heavy atom. The van der Waals surface area contributed by atoms with Crippen LogP contribution >= 0.6 is 0 Å². The minimum Gasteiger partial charge on any atom is -0.456 e. The van der Waals surface area contributed by atoms with Gasteiger partial charge in [-0.3, -0.25) is 0 Å². The van der Waals surface area contributed by atoms with Crippen molar-refractivity contribution in [3.63, 3.8) is 0 Å². The predicted octanol–water partition coefficient (Wildman–Crippen LogP) is 12.2. The Hall–Kier alpha value is -5.80. The zero-order valence-electron chi connectivity index (χ0n) is 24.6. The van der Waals surface area contributed by atoms with E-state index < -0.39 is 0 Å². The Bertz CT molecular complexity index is 2620. The fraction of sp³-hybridized carbons (Fsp3) is 0.0476. The van der Waals surface area contributed by atoms with Crippen molar-refractivity contribution in [3.05, 3.63) is 151 Å². The van der Waals surface area contributed by atoms with Crippen LogP contribution in [0.1, 0.15) is 24.0 Å². The molecule has 2 aromatic heterocycles. The van der Waals surface area contributed by atoms with Crippen molar-refractivity contribution >= 4 is 71.7 Å².